The normalized spacial score (nSPS) is 11.7. The monoisotopic (exact) mass is 1570 g/mol. The van der Waals surface area contributed by atoms with E-state index in [1.165, 1.54) is 76.7 Å². The minimum Gasteiger partial charge on any atom is -0.456 e. The Balaban J connectivity index is 0.000000139. The number of fused-ring (bicyclic) bond motifs is 18. The van der Waals surface area contributed by atoms with E-state index >= 15 is 0 Å². The van der Waals surface area contributed by atoms with E-state index in [2.05, 4.69) is 425 Å². The first-order chi connectivity index (χ1) is 61.0. The van der Waals surface area contributed by atoms with Gasteiger partial charge in [-0.3, -0.25) is 4.57 Å². The average Bonchev–Trinajstić information content (AvgIpc) is 1.55. The third-order valence-electron chi connectivity index (χ3n) is 24.4. The molecule has 0 atom stereocenters. The van der Waals surface area contributed by atoms with E-state index < -0.39 is 0 Å². The van der Waals surface area contributed by atoms with Crippen LogP contribution in [0.3, 0.4) is 0 Å². The van der Waals surface area contributed by atoms with Gasteiger partial charge in [-0.2, -0.15) is 0 Å². The van der Waals surface area contributed by atoms with Crippen molar-refractivity contribution in [1.82, 2.24) is 38.2 Å². The Hall–Kier alpha value is -16.6. The zero-order valence-electron chi connectivity index (χ0n) is 66.6. The Bertz CT molecular complexity index is 8350. The van der Waals surface area contributed by atoms with Crippen molar-refractivity contribution in [1.29, 1.82) is 0 Å². The summed E-state index contributed by atoms with van der Waals surface area (Å²) in [4.78, 5) is 21.0. The predicted molar refractivity (Wildman–Crippen MR) is 510 cm³/mol. The van der Waals surface area contributed by atoms with Crippen molar-refractivity contribution in [2.24, 2.45) is 0 Å². The highest BCUT2D eigenvalue weighted by Gasteiger charge is 2.27. The van der Waals surface area contributed by atoms with Gasteiger partial charge in [0.15, 0.2) is 5.82 Å². The van der Waals surface area contributed by atoms with Crippen LogP contribution in [0.1, 0.15) is 0 Å². The van der Waals surface area contributed by atoms with E-state index in [4.69, 9.17) is 24.4 Å². The summed E-state index contributed by atoms with van der Waals surface area (Å²) >= 11 is 0. The lowest BCUT2D eigenvalue weighted by Crippen LogP contribution is -2.04. The van der Waals surface area contributed by atoms with E-state index in [-0.39, 0.29) is 0 Å². The molecule has 0 bridgehead atoms. The van der Waals surface area contributed by atoms with Gasteiger partial charge in [-0.05, 0) is 172 Å². The Morgan fingerprint density at radius 2 is 0.561 bits per heavy atom. The summed E-state index contributed by atoms with van der Waals surface area (Å²) < 4.78 is 16.0. The number of para-hydroxylation sites is 6. The SMILES string of the molecule is c1ccc(-c2cc(-c3ccccc3)cc(-n3c4ccccc4c4ccc5c(c6ccccc6n5-c5ccc(-c6nc(-c7ccccc7)c7ccccc7n6)cc5)c43)c2)cc1.c1ccc(-c2cc(-c3ccccc3)cc(-n3c4ccccc4c4ccc5c(c6ccccc6n5-c5nc(-c6ccccc6)cc(-c6ccc7c(c6)oc6ccccc67)n5)c43)c2)cc1. The Labute approximate surface area is 707 Å². The summed E-state index contributed by atoms with van der Waals surface area (Å²) in [6.45, 7) is 0. The molecule has 0 amide bonds. The molecule has 25 aromatic rings. The van der Waals surface area contributed by atoms with Crippen molar-refractivity contribution in [3.8, 4) is 113 Å². The average molecular weight is 1570 g/mol. The number of aromatic nitrogens is 8. The summed E-state index contributed by atoms with van der Waals surface area (Å²) in [6, 6.07) is 155. The van der Waals surface area contributed by atoms with Gasteiger partial charge in [0.2, 0.25) is 5.95 Å². The summed E-state index contributed by atoms with van der Waals surface area (Å²) in [7, 11) is 0. The van der Waals surface area contributed by atoms with Gasteiger partial charge in [0.1, 0.15) is 11.2 Å². The maximum Gasteiger partial charge on any atom is 0.235 e. The van der Waals surface area contributed by atoms with Gasteiger partial charge < -0.3 is 18.1 Å². The molecule has 123 heavy (non-hydrogen) atoms. The molecule has 25 rings (SSSR count). The Morgan fingerprint density at radius 3 is 1.07 bits per heavy atom. The van der Waals surface area contributed by atoms with Crippen molar-refractivity contribution in [3.05, 3.63) is 437 Å². The smallest absolute Gasteiger partial charge is 0.235 e. The predicted octanol–water partition coefficient (Wildman–Crippen LogP) is 29.7. The van der Waals surface area contributed by atoms with Crippen molar-refractivity contribution >= 4 is 120 Å². The van der Waals surface area contributed by atoms with Crippen molar-refractivity contribution < 1.29 is 4.42 Å². The number of rotatable bonds is 12. The third-order valence-corrected chi connectivity index (χ3v) is 24.4. The fraction of sp³-hybridized carbons (Fsp3) is 0. The second-order valence-electron chi connectivity index (χ2n) is 31.6. The van der Waals surface area contributed by atoms with Gasteiger partial charge in [0.25, 0.3) is 0 Å². The lowest BCUT2D eigenvalue weighted by Gasteiger charge is -2.15. The first-order valence-electron chi connectivity index (χ1n) is 41.7. The van der Waals surface area contributed by atoms with Crippen LogP contribution < -0.4 is 0 Å². The van der Waals surface area contributed by atoms with Crippen molar-refractivity contribution in [3.63, 3.8) is 0 Å². The molecular weight excluding hydrogens is 1500 g/mol. The maximum atomic E-state index is 6.37. The van der Waals surface area contributed by atoms with Crippen LogP contribution in [0.15, 0.2) is 441 Å². The fourth-order valence-electron chi connectivity index (χ4n) is 18.8. The van der Waals surface area contributed by atoms with Crippen molar-refractivity contribution in [2.75, 3.05) is 0 Å². The van der Waals surface area contributed by atoms with E-state index in [0.29, 0.717) is 11.8 Å². The zero-order valence-corrected chi connectivity index (χ0v) is 66.6. The van der Waals surface area contributed by atoms with Gasteiger partial charge in [-0.1, -0.05) is 309 Å². The number of benzene rings is 18. The molecule has 9 nitrogen and oxygen atoms in total. The lowest BCUT2D eigenvalue weighted by atomic mass is 9.98. The number of hydrogen-bond donors (Lipinski definition) is 0. The zero-order chi connectivity index (χ0) is 81.0. The highest BCUT2D eigenvalue weighted by molar-refractivity contribution is 6.28. The molecule has 574 valence electrons. The van der Waals surface area contributed by atoms with E-state index in [1.807, 2.05) is 30.3 Å². The molecule has 9 heteroatoms. The largest absolute Gasteiger partial charge is 0.456 e. The summed E-state index contributed by atoms with van der Waals surface area (Å²) in [5.74, 6) is 1.31. The highest BCUT2D eigenvalue weighted by atomic mass is 16.3. The quantitative estimate of drug-likeness (QED) is 0.122. The molecule has 0 N–H and O–H groups in total. The van der Waals surface area contributed by atoms with Crippen LogP contribution in [-0.4, -0.2) is 38.2 Å². The minimum atomic E-state index is 0.599. The molecule has 0 saturated carbocycles. The van der Waals surface area contributed by atoms with Crippen LogP contribution in [0.5, 0.6) is 0 Å². The number of furan rings is 1. The maximum absolute atomic E-state index is 6.37. The van der Waals surface area contributed by atoms with Gasteiger partial charge in [0, 0.05) is 98.6 Å². The van der Waals surface area contributed by atoms with Gasteiger partial charge in [-0.15, -0.1) is 0 Å². The highest BCUT2D eigenvalue weighted by Crippen LogP contribution is 2.47. The molecule has 0 fully saturated rings. The summed E-state index contributed by atoms with van der Waals surface area (Å²) in [6.07, 6.45) is 0. The van der Waals surface area contributed by atoms with E-state index in [1.54, 1.807) is 0 Å². The molecular formula is C114H72N8O. The summed E-state index contributed by atoms with van der Waals surface area (Å²) in [5.41, 5.74) is 30.9. The van der Waals surface area contributed by atoms with Crippen LogP contribution in [0, 0.1) is 0 Å². The number of nitrogens with zero attached hydrogens (tertiary/aromatic N) is 8. The second kappa shape index (κ2) is 29.2. The fourth-order valence-corrected chi connectivity index (χ4v) is 18.8. The molecule has 0 spiro atoms. The molecule has 18 aromatic carbocycles. The first-order valence-corrected chi connectivity index (χ1v) is 41.7. The number of hydrogen-bond acceptors (Lipinski definition) is 5. The second-order valence-corrected chi connectivity index (χ2v) is 31.6. The molecule has 7 heterocycles. The molecule has 0 aliphatic heterocycles. The Morgan fingerprint density at radius 1 is 0.187 bits per heavy atom. The van der Waals surface area contributed by atoms with E-state index in [0.717, 1.165) is 144 Å². The molecule has 0 saturated heterocycles. The van der Waals surface area contributed by atoms with Gasteiger partial charge >= 0.3 is 0 Å². The Kier molecular flexibility index (Phi) is 16.7. The van der Waals surface area contributed by atoms with Gasteiger partial charge in [0.05, 0.1) is 66.7 Å². The topological polar surface area (TPSA) is 84.4 Å². The molecule has 0 unspecified atom stereocenters. The van der Waals surface area contributed by atoms with Crippen LogP contribution in [0.4, 0.5) is 0 Å². The van der Waals surface area contributed by atoms with Crippen LogP contribution >= 0.6 is 0 Å². The van der Waals surface area contributed by atoms with Crippen LogP contribution in [-0.2, 0) is 0 Å². The standard InChI is InChI=1S/C58H36N4O.C56H36N4/c1-4-16-37(17-5-1)41-32-42(38-18-6-2-7-19-38)34-43(33-41)61-51-25-13-10-22-44(51)47-30-31-53-56(57(47)61)48-24-11-14-26-52(48)62(53)58-59-49(39-20-8-3-9-21-39)36-50(60-58)40-28-29-46-45-23-12-15-27-54(45)63-55(46)35-40;1-4-16-37(17-5-1)41-34-42(38-18-6-2-7-19-38)36-44(35-41)60-50-26-14-11-22-45(50)46-32-33-52-53(55(46)60)48-24-12-15-27-51(48)59(52)43-30-28-40(29-31-43)56-57-49-25-13-10-23-47(49)54(58-56)39-20-8-3-9-21-39/h1-36H;1-36H. The van der Waals surface area contributed by atoms with Gasteiger partial charge in [-0.25, -0.2) is 19.9 Å². The van der Waals surface area contributed by atoms with Crippen LogP contribution in [0.25, 0.3) is 233 Å². The first kappa shape index (κ1) is 70.6. The van der Waals surface area contributed by atoms with Crippen LogP contribution in [0.2, 0.25) is 0 Å². The third kappa shape index (κ3) is 12.0. The minimum absolute atomic E-state index is 0.599. The molecule has 0 radical (unpaired) electrons. The lowest BCUT2D eigenvalue weighted by molar-refractivity contribution is 0.669. The molecule has 7 aromatic heterocycles. The summed E-state index contributed by atoms with van der Waals surface area (Å²) in [5, 5.41) is 12.8. The van der Waals surface area contributed by atoms with E-state index in [9.17, 15) is 0 Å². The van der Waals surface area contributed by atoms with Crippen molar-refractivity contribution in [2.45, 2.75) is 0 Å². The molecule has 0 aliphatic rings. The molecule has 0 aliphatic carbocycles.